The van der Waals surface area contributed by atoms with E-state index in [9.17, 15) is 0 Å². The normalized spacial score (nSPS) is 21.6. The van der Waals surface area contributed by atoms with Gasteiger partial charge in [0.05, 0.1) is 22.6 Å². The van der Waals surface area contributed by atoms with E-state index in [-0.39, 0.29) is 5.92 Å². The number of rotatable bonds is 3. The van der Waals surface area contributed by atoms with Crippen LogP contribution in [-0.4, -0.2) is 27.6 Å². The Hall–Kier alpha value is -0.990. The fourth-order valence-corrected chi connectivity index (χ4v) is 3.11. The number of hydrogen-bond acceptors (Lipinski definition) is 5. The van der Waals surface area contributed by atoms with Crippen LogP contribution in [0.5, 0.6) is 0 Å². The van der Waals surface area contributed by atoms with Gasteiger partial charge in [-0.2, -0.15) is 5.26 Å². The molecule has 92 valence electrons. The van der Waals surface area contributed by atoms with Gasteiger partial charge in [-0.25, -0.2) is 0 Å². The van der Waals surface area contributed by atoms with Crippen LogP contribution in [0, 0.1) is 17.2 Å². The van der Waals surface area contributed by atoms with Gasteiger partial charge in [0.1, 0.15) is 0 Å². The number of nitrogens with zero attached hydrogens (tertiary/aromatic N) is 4. The minimum Gasteiger partial charge on any atom is -0.297 e. The van der Waals surface area contributed by atoms with Crippen molar-refractivity contribution in [2.45, 2.75) is 39.2 Å². The second-order valence-electron chi connectivity index (χ2n) is 4.94. The second kappa shape index (κ2) is 5.56. The van der Waals surface area contributed by atoms with Crippen LogP contribution in [0.2, 0.25) is 0 Å². The maximum absolute atomic E-state index is 8.98. The third kappa shape index (κ3) is 3.02. The van der Waals surface area contributed by atoms with E-state index >= 15 is 0 Å². The van der Waals surface area contributed by atoms with Crippen molar-refractivity contribution in [3.63, 3.8) is 0 Å². The lowest BCUT2D eigenvalue weighted by Crippen LogP contribution is -2.34. The summed E-state index contributed by atoms with van der Waals surface area (Å²) in [6.07, 6.45) is 2.17. The molecule has 0 unspecified atom stereocenters. The molecule has 1 aromatic heterocycles. The van der Waals surface area contributed by atoms with Crippen LogP contribution in [0.1, 0.15) is 43.2 Å². The lowest BCUT2D eigenvalue weighted by Gasteiger charge is -2.29. The number of nitriles is 1. The molecule has 0 bridgehead atoms. The van der Waals surface area contributed by atoms with Gasteiger partial charge in [0, 0.05) is 13.1 Å². The minimum atomic E-state index is 0.201. The standard InChI is InChI=1S/C12H18N4S/c1-9(2)12-11(17-15-14-12)8-16-5-3-4-10(6-13)7-16/h9-10H,3-5,7-8H2,1-2H3/t10-/m0/s1. The highest BCUT2D eigenvalue weighted by Gasteiger charge is 2.21. The van der Waals surface area contributed by atoms with Crippen molar-refractivity contribution in [3.05, 3.63) is 10.6 Å². The first-order valence-electron chi connectivity index (χ1n) is 6.13. The van der Waals surface area contributed by atoms with E-state index < -0.39 is 0 Å². The van der Waals surface area contributed by atoms with Gasteiger partial charge in [-0.3, -0.25) is 4.90 Å². The first kappa shape index (κ1) is 12.5. The third-order valence-corrected chi connectivity index (χ3v) is 3.91. The molecule has 1 aromatic rings. The quantitative estimate of drug-likeness (QED) is 0.826. The number of piperidine rings is 1. The zero-order valence-corrected chi connectivity index (χ0v) is 11.2. The highest BCUT2D eigenvalue weighted by molar-refractivity contribution is 7.05. The lowest BCUT2D eigenvalue weighted by molar-refractivity contribution is 0.193. The topological polar surface area (TPSA) is 52.8 Å². The predicted octanol–water partition coefficient (Wildman–Crippen LogP) is 2.40. The molecule has 0 saturated carbocycles. The van der Waals surface area contributed by atoms with Crippen molar-refractivity contribution in [1.82, 2.24) is 14.5 Å². The van der Waals surface area contributed by atoms with Crippen molar-refractivity contribution in [1.29, 1.82) is 5.26 Å². The van der Waals surface area contributed by atoms with Crippen molar-refractivity contribution in [2.24, 2.45) is 5.92 Å². The van der Waals surface area contributed by atoms with Crippen LogP contribution in [0.3, 0.4) is 0 Å². The third-order valence-electron chi connectivity index (χ3n) is 3.19. The van der Waals surface area contributed by atoms with E-state index in [0.717, 1.165) is 38.2 Å². The molecular weight excluding hydrogens is 232 g/mol. The van der Waals surface area contributed by atoms with Crippen molar-refractivity contribution >= 4 is 11.5 Å². The molecule has 1 atom stereocenters. The van der Waals surface area contributed by atoms with Gasteiger partial charge >= 0.3 is 0 Å². The molecule has 17 heavy (non-hydrogen) atoms. The molecule has 2 heterocycles. The monoisotopic (exact) mass is 250 g/mol. The summed E-state index contributed by atoms with van der Waals surface area (Å²) in [7, 11) is 0. The first-order valence-corrected chi connectivity index (χ1v) is 6.91. The largest absolute Gasteiger partial charge is 0.297 e. The minimum absolute atomic E-state index is 0.201. The van der Waals surface area contributed by atoms with Crippen LogP contribution in [-0.2, 0) is 6.54 Å². The SMILES string of the molecule is CC(C)c1nnsc1CN1CCC[C@@H](C#N)C1. The summed E-state index contributed by atoms with van der Waals surface area (Å²) < 4.78 is 4.05. The lowest BCUT2D eigenvalue weighted by atomic mass is 9.99. The molecule has 5 heteroatoms. The van der Waals surface area contributed by atoms with Gasteiger partial charge in [-0.15, -0.1) is 5.10 Å². The molecule has 0 radical (unpaired) electrons. The Morgan fingerprint density at radius 2 is 2.41 bits per heavy atom. The molecule has 0 amide bonds. The molecule has 1 fully saturated rings. The molecular formula is C12H18N4S. The van der Waals surface area contributed by atoms with Gasteiger partial charge in [0.25, 0.3) is 0 Å². The van der Waals surface area contributed by atoms with Gasteiger partial charge in [0.2, 0.25) is 0 Å². The van der Waals surface area contributed by atoms with Crippen molar-refractivity contribution < 1.29 is 0 Å². The van der Waals surface area contributed by atoms with E-state index in [2.05, 4.69) is 34.4 Å². The molecule has 0 N–H and O–H groups in total. The zero-order chi connectivity index (χ0) is 12.3. The van der Waals surface area contributed by atoms with Gasteiger partial charge < -0.3 is 0 Å². The van der Waals surface area contributed by atoms with Crippen LogP contribution in [0.15, 0.2) is 0 Å². The average molecular weight is 250 g/mol. The Morgan fingerprint density at radius 1 is 1.59 bits per heavy atom. The van der Waals surface area contributed by atoms with E-state index in [1.54, 1.807) is 0 Å². The molecule has 0 spiro atoms. The smallest absolute Gasteiger partial charge is 0.0826 e. The van der Waals surface area contributed by atoms with E-state index in [1.807, 2.05) is 0 Å². The summed E-state index contributed by atoms with van der Waals surface area (Å²) in [5.41, 5.74) is 1.12. The number of hydrogen-bond donors (Lipinski definition) is 0. The fraction of sp³-hybridized carbons (Fsp3) is 0.750. The maximum Gasteiger partial charge on any atom is 0.0826 e. The highest BCUT2D eigenvalue weighted by Crippen LogP contribution is 2.24. The van der Waals surface area contributed by atoms with Gasteiger partial charge in [0.15, 0.2) is 0 Å². The Bertz CT molecular complexity index is 407. The van der Waals surface area contributed by atoms with E-state index in [0.29, 0.717) is 5.92 Å². The first-order chi connectivity index (χ1) is 8.20. The zero-order valence-electron chi connectivity index (χ0n) is 10.4. The maximum atomic E-state index is 8.98. The number of likely N-dealkylation sites (tertiary alicyclic amines) is 1. The number of aromatic nitrogens is 2. The van der Waals surface area contributed by atoms with Crippen LogP contribution >= 0.6 is 11.5 Å². The molecule has 4 nitrogen and oxygen atoms in total. The van der Waals surface area contributed by atoms with Crippen molar-refractivity contribution in [3.8, 4) is 6.07 Å². The second-order valence-corrected chi connectivity index (χ2v) is 5.78. The Balaban J connectivity index is 2.01. The molecule has 1 saturated heterocycles. The molecule has 2 rings (SSSR count). The van der Waals surface area contributed by atoms with Gasteiger partial charge in [-0.05, 0) is 36.8 Å². The predicted molar refractivity (Wildman–Crippen MR) is 67.6 cm³/mol. The molecule has 0 aliphatic carbocycles. The van der Waals surface area contributed by atoms with Crippen LogP contribution in [0.4, 0.5) is 0 Å². The van der Waals surface area contributed by atoms with E-state index in [4.69, 9.17) is 5.26 Å². The summed E-state index contributed by atoms with van der Waals surface area (Å²) in [5, 5.41) is 13.2. The Morgan fingerprint density at radius 3 is 3.12 bits per heavy atom. The summed E-state index contributed by atoms with van der Waals surface area (Å²) >= 11 is 1.49. The molecule has 1 aliphatic rings. The Kier molecular flexibility index (Phi) is 4.08. The summed E-state index contributed by atoms with van der Waals surface area (Å²) in [6, 6.07) is 2.38. The van der Waals surface area contributed by atoms with Crippen LogP contribution < -0.4 is 0 Å². The van der Waals surface area contributed by atoms with E-state index in [1.165, 1.54) is 16.4 Å². The molecule has 0 aromatic carbocycles. The van der Waals surface area contributed by atoms with Crippen molar-refractivity contribution in [2.75, 3.05) is 13.1 Å². The summed E-state index contributed by atoms with van der Waals surface area (Å²) in [6.45, 7) is 7.19. The summed E-state index contributed by atoms with van der Waals surface area (Å²) in [4.78, 5) is 3.62. The average Bonchev–Trinajstić information content (AvgIpc) is 2.77. The fourth-order valence-electron chi connectivity index (χ4n) is 2.27. The Labute approximate surface area is 106 Å². The summed E-state index contributed by atoms with van der Waals surface area (Å²) in [5.74, 6) is 0.632. The van der Waals surface area contributed by atoms with Crippen LogP contribution in [0.25, 0.3) is 0 Å². The highest BCUT2D eigenvalue weighted by atomic mass is 32.1. The molecule has 1 aliphatic heterocycles. The van der Waals surface area contributed by atoms with Gasteiger partial charge in [-0.1, -0.05) is 18.3 Å².